The van der Waals surface area contributed by atoms with Gasteiger partial charge in [0.1, 0.15) is 0 Å². The SMILES string of the molecule is CC1CCC(NC(=O)c2cccc(S(N)(=O)=O)c2)C1. The van der Waals surface area contributed by atoms with E-state index >= 15 is 0 Å². The van der Waals surface area contributed by atoms with E-state index < -0.39 is 10.0 Å². The molecule has 1 aromatic carbocycles. The summed E-state index contributed by atoms with van der Waals surface area (Å²) in [6.45, 7) is 2.16. The van der Waals surface area contributed by atoms with Gasteiger partial charge < -0.3 is 5.32 Å². The van der Waals surface area contributed by atoms with Crippen molar-refractivity contribution in [3.63, 3.8) is 0 Å². The predicted molar refractivity (Wildman–Crippen MR) is 72.1 cm³/mol. The van der Waals surface area contributed by atoms with E-state index in [0.29, 0.717) is 11.5 Å². The molecule has 2 unspecified atom stereocenters. The summed E-state index contributed by atoms with van der Waals surface area (Å²) in [6, 6.07) is 5.97. The average molecular weight is 282 g/mol. The van der Waals surface area contributed by atoms with Crippen LogP contribution in [0, 0.1) is 5.92 Å². The van der Waals surface area contributed by atoms with E-state index in [9.17, 15) is 13.2 Å². The van der Waals surface area contributed by atoms with E-state index in [1.54, 1.807) is 6.07 Å². The second-order valence-corrected chi connectivity index (χ2v) is 6.72. The normalized spacial score (nSPS) is 23.3. The first kappa shape index (κ1) is 14.0. The van der Waals surface area contributed by atoms with Crippen LogP contribution in [0.4, 0.5) is 0 Å². The van der Waals surface area contributed by atoms with Crippen molar-refractivity contribution in [3.05, 3.63) is 29.8 Å². The molecule has 1 aliphatic carbocycles. The standard InChI is InChI=1S/C13H18N2O3S/c1-9-5-6-11(7-9)15-13(16)10-3-2-4-12(8-10)19(14,17)18/h2-4,8-9,11H,5-7H2,1H3,(H,15,16)(H2,14,17,18). The Hall–Kier alpha value is -1.40. The lowest BCUT2D eigenvalue weighted by atomic mass is 10.1. The summed E-state index contributed by atoms with van der Waals surface area (Å²) in [6.07, 6.45) is 3.06. The summed E-state index contributed by atoms with van der Waals surface area (Å²) in [5, 5.41) is 7.98. The number of benzene rings is 1. The maximum atomic E-state index is 12.0. The van der Waals surface area contributed by atoms with E-state index in [1.165, 1.54) is 18.2 Å². The third kappa shape index (κ3) is 3.54. The van der Waals surface area contributed by atoms with Crippen molar-refractivity contribution < 1.29 is 13.2 Å². The molecule has 6 heteroatoms. The molecule has 1 amide bonds. The van der Waals surface area contributed by atoms with Gasteiger partial charge in [-0.3, -0.25) is 4.79 Å². The maximum Gasteiger partial charge on any atom is 0.251 e. The van der Waals surface area contributed by atoms with Crippen LogP contribution in [0.15, 0.2) is 29.2 Å². The van der Waals surface area contributed by atoms with E-state index in [1.807, 2.05) is 0 Å². The van der Waals surface area contributed by atoms with Crippen molar-refractivity contribution in [2.24, 2.45) is 11.1 Å². The molecular weight excluding hydrogens is 264 g/mol. The van der Waals surface area contributed by atoms with E-state index in [2.05, 4.69) is 12.2 Å². The lowest BCUT2D eigenvalue weighted by Crippen LogP contribution is -2.33. The molecule has 1 aromatic rings. The minimum absolute atomic E-state index is 0.0417. The second-order valence-electron chi connectivity index (χ2n) is 5.16. The van der Waals surface area contributed by atoms with E-state index in [-0.39, 0.29) is 16.8 Å². The lowest BCUT2D eigenvalue weighted by Gasteiger charge is -2.12. The van der Waals surface area contributed by atoms with Gasteiger partial charge in [0.25, 0.3) is 5.91 Å². The van der Waals surface area contributed by atoms with Gasteiger partial charge in [0.2, 0.25) is 10.0 Å². The molecule has 1 saturated carbocycles. The van der Waals surface area contributed by atoms with Gasteiger partial charge in [-0.2, -0.15) is 0 Å². The maximum absolute atomic E-state index is 12.0. The van der Waals surface area contributed by atoms with Crippen molar-refractivity contribution in [1.82, 2.24) is 5.32 Å². The topological polar surface area (TPSA) is 89.3 Å². The summed E-state index contributed by atoms with van der Waals surface area (Å²) in [4.78, 5) is 12.0. The molecule has 1 aliphatic rings. The smallest absolute Gasteiger partial charge is 0.251 e. The zero-order chi connectivity index (χ0) is 14.0. The first-order valence-corrected chi connectivity index (χ1v) is 7.84. The molecule has 0 spiro atoms. The summed E-state index contributed by atoms with van der Waals surface area (Å²) in [7, 11) is -3.77. The number of nitrogens with one attached hydrogen (secondary N) is 1. The first-order valence-electron chi connectivity index (χ1n) is 6.30. The summed E-state index contributed by atoms with van der Waals surface area (Å²) < 4.78 is 22.5. The predicted octanol–water partition coefficient (Wildman–Crippen LogP) is 1.25. The van der Waals surface area contributed by atoms with Gasteiger partial charge in [-0.05, 0) is 43.4 Å². The molecule has 2 atom stereocenters. The number of carbonyl (C=O) groups excluding carboxylic acids is 1. The molecule has 1 fully saturated rings. The van der Waals surface area contributed by atoms with Crippen LogP contribution in [0.2, 0.25) is 0 Å². The highest BCUT2D eigenvalue weighted by atomic mass is 32.2. The Bertz CT molecular complexity index is 583. The number of rotatable bonds is 3. The third-order valence-electron chi connectivity index (χ3n) is 3.45. The summed E-state index contributed by atoms with van der Waals surface area (Å²) in [5.41, 5.74) is 0.325. The molecule has 0 bridgehead atoms. The zero-order valence-corrected chi connectivity index (χ0v) is 11.6. The quantitative estimate of drug-likeness (QED) is 0.874. The molecule has 0 heterocycles. The van der Waals surface area contributed by atoms with Gasteiger partial charge in [0.15, 0.2) is 0 Å². The highest BCUT2D eigenvalue weighted by Crippen LogP contribution is 2.24. The van der Waals surface area contributed by atoms with Crippen molar-refractivity contribution >= 4 is 15.9 Å². The van der Waals surface area contributed by atoms with Crippen LogP contribution in [-0.4, -0.2) is 20.4 Å². The number of carbonyl (C=O) groups is 1. The van der Waals surface area contributed by atoms with Gasteiger partial charge in [0, 0.05) is 11.6 Å². The fraction of sp³-hybridized carbons (Fsp3) is 0.462. The lowest BCUT2D eigenvalue weighted by molar-refractivity contribution is 0.0937. The molecule has 2 rings (SSSR count). The Balaban J connectivity index is 2.11. The van der Waals surface area contributed by atoms with Crippen LogP contribution in [0.3, 0.4) is 0 Å². The molecule has 104 valence electrons. The van der Waals surface area contributed by atoms with Gasteiger partial charge >= 0.3 is 0 Å². The summed E-state index contributed by atoms with van der Waals surface area (Å²) in [5.74, 6) is 0.380. The van der Waals surface area contributed by atoms with Crippen molar-refractivity contribution in [2.45, 2.75) is 37.1 Å². The van der Waals surface area contributed by atoms with Gasteiger partial charge in [-0.15, -0.1) is 0 Å². The fourth-order valence-corrected chi connectivity index (χ4v) is 2.98. The molecule has 19 heavy (non-hydrogen) atoms. The molecular formula is C13H18N2O3S. The highest BCUT2D eigenvalue weighted by Gasteiger charge is 2.23. The number of amides is 1. The molecule has 0 saturated heterocycles. The number of primary sulfonamides is 1. The van der Waals surface area contributed by atoms with E-state index in [0.717, 1.165) is 19.3 Å². The van der Waals surface area contributed by atoms with Gasteiger partial charge in [-0.25, -0.2) is 13.6 Å². The summed E-state index contributed by atoms with van der Waals surface area (Å²) >= 11 is 0. The number of hydrogen-bond acceptors (Lipinski definition) is 3. The molecule has 0 aliphatic heterocycles. The minimum atomic E-state index is -3.77. The zero-order valence-electron chi connectivity index (χ0n) is 10.8. The Morgan fingerprint density at radius 3 is 2.68 bits per heavy atom. The molecule has 3 N–H and O–H groups in total. The number of nitrogens with two attached hydrogens (primary N) is 1. The third-order valence-corrected chi connectivity index (χ3v) is 4.37. The largest absolute Gasteiger partial charge is 0.349 e. The first-order chi connectivity index (χ1) is 8.86. The Kier molecular flexibility index (Phi) is 3.91. The number of sulfonamides is 1. The molecule has 0 aromatic heterocycles. The van der Waals surface area contributed by atoms with Gasteiger partial charge in [-0.1, -0.05) is 13.0 Å². The average Bonchev–Trinajstić information content (AvgIpc) is 2.74. The van der Waals surface area contributed by atoms with Crippen LogP contribution >= 0.6 is 0 Å². The minimum Gasteiger partial charge on any atom is -0.349 e. The molecule has 5 nitrogen and oxygen atoms in total. The fourth-order valence-electron chi connectivity index (χ4n) is 2.42. The van der Waals surface area contributed by atoms with Crippen LogP contribution in [-0.2, 0) is 10.0 Å². The van der Waals surface area contributed by atoms with Crippen LogP contribution in [0.1, 0.15) is 36.5 Å². The van der Waals surface area contributed by atoms with Crippen LogP contribution in [0.5, 0.6) is 0 Å². The highest BCUT2D eigenvalue weighted by molar-refractivity contribution is 7.89. The van der Waals surface area contributed by atoms with Crippen molar-refractivity contribution in [3.8, 4) is 0 Å². The number of hydrogen-bond donors (Lipinski definition) is 2. The van der Waals surface area contributed by atoms with Crippen molar-refractivity contribution in [2.75, 3.05) is 0 Å². The van der Waals surface area contributed by atoms with Crippen LogP contribution < -0.4 is 10.5 Å². The Labute approximate surface area is 113 Å². The monoisotopic (exact) mass is 282 g/mol. The van der Waals surface area contributed by atoms with Gasteiger partial charge in [0.05, 0.1) is 4.90 Å². The second kappa shape index (κ2) is 5.30. The Morgan fingerprint density at radius 2 is 2.11 bits per heavy atom. The van der Waals surface area contributed by atoms with Crippen LogP contribution in [0.25, 0.3) is 0 Å². The Morgan fingerprint density at radius 1 is 1.37 bits per heavy atom. The van der Waals surface area contributed by atoms with E-state index in [4.69, 9.17) is 5.14 Å². The van der Waals surface area contributed by atoms with Crippen molar-refractivity contribution in [1.29, 1.82) is 0 Å². The molecule has 0 radical (unpaired) electrons.